The van der Waals surface area contributed by atoms with Gasteiger partial charge in [-0.05, 0) is 11.1 Å². The van der Waals surface area contributed by atoms with Gasteiger partial charge in [-0.15, -0.1) is 5.10 Å². The molecule has 0 atom stereocenters. The smallest absolute Gasteiger partial charge is 0.195 e. The standard InChI is InChI=1S/C20H14N2O/c1-3-9-15(10-4-1)17-13-7-8-14-18(17)20-19(21-22-23-20)16-11-5-2-6-12-16/h1-14H. The van der Waals surface area contributed by atoms with Crippen molar-refractivity contribution in [2.75, 3.05) is 0 Å². The molecule has 0 spiro atoms. The SMILES string of the molecule is c1ccc(-c2ccccc2-c2onnc2-c2ccccc2)cc1. The van der Waals surface area contributed by atoms with Crippen LogP contribution in [0.15, 0.2) is 89.5 Å². The van der Waals surface area contributed by atoms with Crippen molar-refractivity contribution >= 4 is 0 Å². The van der Waals surface area contributed by atoms with Crippen molar-refractivity contribution in [2.24, 2.45) is 0 Å². The predicted octanol–water partition coefficient (Wildman–Crippen LogP) is 5.07. The number of aromatic nitrogens is 2. The van der Waals surface area contributed by atoms with E-state index in [0.29, 0.717) is 5.76 Å². The first-order valence-electron chi connectivity index (χ1n) is 7.46. The van der Waals surface area contributed by atoms with Crippen LogP contribution in [-0.2, 0) is 0 Å². The summed E-state index contributed by atoms with van der Waals surface area (Å²) in [4.78, 5) is 0. The van der Waals surface area contributed by atoms with E-state index >= 15 is 0 Å². The summed E-state index contributed by atoms with van der Waals surface area (Å²) in [5.74, 6) is 0.690. The third-order valence-electron chi connectivity index (χ3n) is 3.79. The van der Waals surface area contributed by atoms with Crippen LogP contribution in [0.1, 0.15) is 0 Å². The van der Waals surface area contributed by atoms with Crippen LogP contribution >= 0.6 is 0 Å². The van der Waals surface area contributed by atoms with Crippen molar-refractivity contribution in [3.8, 4) is 33.7 Å². The van der Waals surface area contributed by atoms with E-state index in [2.05, 4.69) is 28.6 Å². The van der Waals surface area contributed by atoms with Gasteiger partial charge in [-0.2, -0.15) is 0 Å². The van der Waals surface area contributed by atoms with Gasteiger partial charge in [-0.1, -0.05) is 84.9 Å². The molecule has 23 heavy (non-hydrogen) atoms. The van der Waals surface area contributed by atoms with Crippen LogP contribution in [0.3, 0.4) is 0 Å². The van der Waals surface area contributed by atoms with E-state index in [1.165, 1.54) is 0 Å². The molecule has 110 valence electrons. The highest BCUT2D eigenvalue weighted by molar-refractivity contribution is 5.86. The minimum atomic E-state index is 0.690. The number of hydrogen-bond acceptors (Lipinski definition) is 3. The fourth-order valence-corrected chi connectivity index (χ4v) is 2.70. The minimum Gasteiger partial charge on any atom is -0.336 e. The van der Waals surface area contributed by atoms with Crippen molar-refractivity contribution in [3.05, 3.63) is 84.9 Å². The second-order valence-corrected chi connectivity index (χ2v) is 5.23. The normalized spacial score (nSPS) is 10.6. The fourth-order valence-electron chi connectivity index (χ4n) is 2.70. The van der Waals surface area contributed by atoms with Gasteiger partial charge in [0.1, 0.15) is 5.69 Å². The second-order valence-electron chi connectivity index (χ2n) is 5.23. The minimum absolute atomic E-state index is 0.690. The van der Waals surface area contributed by atoms with Gasteiger partial charge in [0.15, 0.2) is 5.76 Å². The van der Waals surface area contributed by atoms with Crippen molar-refractivity contribution in [1.29, 1.82) is 0 Å². The van der Waals surface area contributed by atoms with E-state index in [4.69, 9.17) is 4.52 Å². The second kappa shape index (κ2) is 5.89. The molecule has 1 heterocycles. The maximum Gasteiger partial charge on any atom is 0.195 e. The average Bonchev–Trinajstić information content (AvgIpc) is 3.13. The van der Waals surface area contributed by atoms with Gasteiger partial charge in [-0.3, -0.25) is 0 Å². The zero-order valence-corrected chi connectivity index (χ0v) is 12.4. The molecule has 0 aliphatic rings. The van der Waals surface area contributed by atoms with Crippen LogP contribution in [0, 0.1) is 0 Å². The Bertz CT molecular complexity index is 915. The molecule has 0 unspecified atom stereocenters. The molecular formula is C20H14N2O. The van der Waals surface area contributed by atoms with Crippen molar-refractivity contribution in [1.82, 2.24) is 10.4 Å². The Balaban J connectivity index is 1.90. The summed E-state index contributed by atoms with van der Waals surface area (Å²) in [6.07, 6.45) is 0. The van der Waals surface area contributed by atoms with E-state index in [-0.39, 0.29) is 0 Å². The fraction of sp³-hybridized carbons (Fsp3) is 0. The van der Waals surface area contributed by atoms with Crippen LogP contribution in [0.2, 0.25) is 0 Å². The average molecular weight is 298 g/mol. The lowest BCUT2D eigenvalue weighted by molar-refractivity contribution is 0.404. The van der Waals surface area contributed by atoms with Crippen LogP contribution in [0.25, 0.3) is 33.7 Å². The lowest BCUT2D eigenvalue weighted by Gasteiger charge is -2.08. The van der Waals surface area contributed by atoms with Crippen LogP contribution in [0.4, 0.5) is 0 Å². The maximum atomic E-state index is 5.51. The third kappa shape index (κ3) is 2.53. The summed E-state index contributed by atoms with van der Waals surface area (Å²) in [5.41, 5.74) is 4.98. The van der Waals surface area contributed by atoms with Crippen LogP contribution in [-0.4, -0.2) is 10.4 Å². The van der Waals surface area contributed by atoms with Gasteiger partial charge in [-0.25, -0.2) is 0 Å². The van der Waals surface area contributed by atoms with Crippen molar-refractivity contribution in [2.45, 2.75) is 0 Å². The Hall–Kier alpha value is -3.20. The lowest BCUT2D eigenvalue weighted by atomic mass is 9.96. The summed E-state index contributed by atoms with van der Waals surface area (Å²) in [5, 5.41) is 7.97. The van der Waals surface area contributed by atoms with Gasteiger partial charge in [0.2, 0.25) is 0 Å². The highest BCUT2D eigenvalue weighted by Crippen LogP contribution is 2.36. The maximum absolute atomic E-state index is 5.51. The third-order valence-corrected chi connectivity index (χ3v) is 3.79. The first-order chi connectivity index (χ1) is 11.4. The molecule has 4 aromatic rings. The number of hydrogen-bond donors (Lipinski definition) is 0. The summed E-state index contributed by atoms with van der Waals surface area (Å²) in [6, 6.07) is 28.4. The van der Waals surface area contributed by atoms with E-state index in [1.807, 2.05) is 66.7 Å². The first kappa shape index (κ1) is 13.5. The number of nitrogens with zero attached hydrogens (tertiary/aromatic N) is 2. The van der Waals surface area contributed by atoms with E-state index in [0.717, 1.165) is 27.9 Å². The van der Waals surface area contributed by atoms with E-state index in [9.17, 15) is 0 Å². The largest absolute Gasteiger partial charge is 0.336 e. The van der Waals surface area contributed by atoms with Gasteiger partial charge < -0.3 is 4.52 Å². The molecule has 3 nitrogen and oxygen atoms in total. The molecule has 0 amide bonds. The summed E-state index contributed by atoms with van der Waals surface area (Å²) in [6.45, 7) is 0. The van der Waals surface area contributed by atoms with E-state index < -0.39 is 0 Å². The molecule has 0 fully saturated rings. The first-order valence-corrected chi connectivity index (χ1v) is 7.46. The molecule has 4 rings (SSSR count). The predicted molar refractivity (Wildman–Crippen MR) is 90.6 cm³/mol. The highest BCUT2D eigenvalue weighted by Gasteiger charge is 2.17. The topological polar surface area (TPSA) is 38.9 Å². The van der Waals surface area contributed by atoms with Crippen LogP contribution in [0.5, 0.6) is 0 Å². The molecule has 0 aliphatic heterocycles. The molecule has 0 bridgehead atoms. The summed E-state index contributed by atoms with van der Waals surface area (Å²) in [7, 11) is 0. The Labute approximate surface area is 134 Å². The monoisotopic (exact) mass is 298 g/mol. The Morgan fingerprint density at radius 1 is 0.565 bits per heavy atom. The molecule has 0 aliphatic carbocycles. The molecule has 0 N–H and O–H groups in total. The van der Waals surface area contributed by atoms with Gasteiger partial charge in [0.25, 0.3) is 0 Å². The number of benzene rings is 3. The van der Waals surface area contributed by atoms with Gasteiger partial charge in [0, 0.05) is 16.4 Å². The summed E-state index contributed by atoms with van der Waals surface area (Å²) >= 11 is 0. The van der Waals surface area contributed by atoms with Gasteiger partial charge >= 0.3 is 0 Å². The van der Waals surface area contributed by atoms with E-state index in [1.54, 1.807) is 0 Å². The quantitative estimate of drug-likeness (QED) is 0.530. The lowest BCUT2D eigenvalue weighted by Crippen LogP contribution is -1.86. The van der Waals surface area contributed by atoms with Gasteiger partial charge in [0.05, 0.1) is 0 Å². The molecule has 0 saturated carbocycles. The van der Waals surface area contributed by atoms with Crippen LogP contribution < -0.4 is 0 Å². The summed E-state index contributed by atoms with van der Waals surface area (Å²) < 4.78 is 5.51. The Morgan fingerprint density at radius 3 is 1.83 bits per heavy atom. The Kier molecular flexibility index (Phi) is 3.45. The van der Waals surface area contributed by atoms with Crippen molar-refractivity contribution in [3.63, 3.8) is 0 Å². The molecule has 3 aromatic carbocycles. The van der Waals surface area contributed by atoms with Crippen molar-refractivity contribution < 1.29 is 4.52 Å². The highest BCUT2D eigenvalue weighted by atomic mass is 16.5. The zero-order valence-electron chi connectivity index (χ0n) is 12.4. The molecule has 0 saturated heterocycles. The Morgan fingerprint density at radius 2 is 1.13 bits per heavy atom. The molecule has 1 aromatic heterocycles. The zero-order chi connectivity index (χ0) is 15.5. The number of rotatable bonds is 3. The molecule has 3 heteroatoms. The molecular weight excluding hydrogens is 284 g/mol. The molecule has 0 radical (unpaired) electrons.